The van der Waals surface area contributed by atoms with Gasteiger partial charge in [0.25, 0.3) is 5.91 Å². The van der Waals surface area contributed by atoms with E-state index in [1.165, 1.54) is 18.3 Å². The summed E-state index contributed by atoms with van der Waals surface area (Å²) in [4.78, 5) is 15.1. The minimum Gasteiger partial charge on any atom is -0.349 e. The van der Waals surface area contributed by atoms with E-state index in [4.69, 9.17) is 0 Å². The third-order valence-electron chi connectivity index (χ3n) is 2.81. The Morgan fingerprint density at radius 3 is 2.73 bits per heavy atom. The molecule has 15 heavy (non-hydrogen) atoms. The summed E-state index contributed by atoms with van der Waals surface area (Å²) >= 11 is 0. The Hall–Kier alpha value is -1.45. The van der Waals surface area contributed by atoms with E-state index in [0.717, 1.165) is 6.42 Å². The van der Waals surface area contributed by atoms with Crippen molar-refractivity contribution in [2.75, 3.05) is 0 Å². The van der Waals surface area contributed by atoms with Gasteiger partial charge in [0.2, 0.25) is 5.95 Å². The number of nitrogens with zero attached hydrogens (tertiary/aromatic N) is 1. The average Bonchev–Trinajstić information content (AvgIpc) is 2.74. The van der Waals surface area contributed by atoms with Crippen LogP contribution in [0.4, 0.5) is 4.39 Å². The lowest BCUT2D eigenvalue weighted by Gasteiger charge is -2.06. The number of amides is 1. The van der Waals surface area contributed by atoms with Gasteiger partial charge in [0.05, 0.1) is 5.56 Å². The zero-order chi connectivity index (χ0) is 11.1. The molecule has 1 aromatic heterocycles. The number of hydrogen-bond acceptors (Lipinski definition) is 2. The summed E-state index contributed by atoms with van der Waals surface area (Å²) < 4.78 is 12.5. The Morgan fingerprint density at radius 1 is 1.60 bits per heavy atom. The number of carbonyl (C=O) groups excluding carboxylic acids is 1. The molecule has 1 N–H and O–H groups in total. The van der Waals surface area contributed by atoms with Crippen LogP contribution in [0.1, 0.15) is 30.6 Å². The van der Waals surface area contributed by atoms with E-state index in [0.29, 0.717) is 5.56 Å². The summed E-state index contributed by atoms with van der Waals surface area (Å²) in [6.45, 7) is 4.20. The van der Waals surface area contributed by atoms with E-state index in [9.17, 15) is 9.18 Å². The van der Waals surface area contributed by atoms with Crippen LogP contribution in [0.25, 0.3) is 0 Å². The van der Waals surface area contributed by atoms with Gasteiger partial charge in [-0.2, -0.15) is 4.39 Å². The van der Waals surface area contributed by atoms with Crippen molar-refractivity contribution < 1.29 is 9.18 Å². The monoisotopic (exact) mass is 208 g/mol. The third-order valence-corrected chi connectivity index (χ3v) is 2.81. The predicted molar refractivity (Wildman–Crippen MR) is 53.8 cm³/mol. The fraction of sp³-hybridized carbons (Fsp3) is 0.455. The molecule has 1 saturated carbocycles. The highest BCUT2D eigenvalue weighted by molar-refractivity contribution is 5.94. The Labute approximate surface area is 87.7 Å². The summed E-state index contributed by atoms with van der Waals surface area (Å²) in [7, 11) is 0. The van der Waals surface area contributed by atoms with Crippen LogP contribution < -0.4 is 5.32 Å². The quantitative estimate of drug-likeness (QED) is 0.752. The first-order valence-electron chi connectivity index (χ1n) is 4.91. The van der Waals surface area contributed by atoms with Crippen molar-refractivity contribution in [1.82, 2.24) is 10.3 Å². The molecular formula is C11H13FN2O. The van der Waals surface area contributed by atoms with Crippen LogP contribution in [-0.4, -0.2) is 16.9 Å². The lowest BCUT2D eigenvalue weighted by atomic mass is 10.2. The first kappa shape index (κ1) is 10.1. The van der Waals surface area contributed by atoms with Crippen molar-refractivity contribution in [2.45, 2.75) is 26.3 Å². The molecule has 4 heteroatoms. The Balaban J connectivity index is 2.00. The van der Waals surface area contributed by atoms with Crippen LogP contribution in [0.5, 0.6) is 0 Å². The van der Waals surface area contributed by atoms with Gasteiger partial charge >= 0.3 is 0 Å². The lowest BCUT2D eigenvalue weighted by molar-refractivity contribution is 0.0946. The van der Waals surface area contributed by atoms with Crippen molar-refractivity contribution in [3.8, 4) is 0 Å². The molecule has 2 rings (SSSR count). The highest BCUT2D eigenvalue weighted by atomic mass is 19.1. The van der Waals surface area contributed by atoms with Gasteiger partial charge in [-0.15, -0.1) is 0 Å². The highest BCUT2D eigenvalue weighted by Gasteiger charge is 2.46. The second-order valence-electron chi connectivity index (χ2n) is 4.59. The molecule has 1 unspecified atom stereocenters. The molecule has 0 radical (unpaired) electrons. The van der Waals surface area contributed by atoms with Gasteiger partial charge in [-0.3, -0.25) is 4.79 Å². The molecule has 1 amide bonds. The SMILES string of the molecule is CC1(C)CC1NC(=O)c1ccc(F)nc1. The molecule has 1 fully saturated rings. The van der Waals surface area contributed by atoms with Crippen molar-refractivity contribution in [3.05, 3.63) is 29.8 Å². The van der Waals surface area contributed by atoms with Crippen LogP contribution in [-0.2, 0) is 0 Å². The standard InChI is InChI=1S/C11H13FN2O/c1-11(2)5-8(11)14-10(15)7-3-4-9(12)13-6-7/h3-4,6,8H,5H2,1-2H3,(H,14,15). The zero-order valence-corrected chi connectivity index (χ0v) is 8.75. The molecule has 1 heterocycles. The molecule has 0 bridgehead atoms. The zero-order valence-electron chi connectivity index (χ0n) is 8.75. The van der Waals surface area contributed by atoms with Crippen LogP contribution in [0.2, 0.25) is 0 Å². The molecule has 0 saturated heterocycles. The van der Waals surface area contributed by atoms with E-state index < -0.39 is 5.95 Å². The average molecular weight is 208 g/mol. The normalized spacial score (nSPS) is 22.2. The first-order valence-corrected chi connectivity index (χ1v) is 4.91. The van der Waals surface area contributed by atoms with Gasteiger partial charge in [-0.25, -0.2) is 4.98 Å². The van der Waals surface area contributed by atoms with Gasteiger partial charge in [0.1, 0.15) is 0 Å². The maximum atomic E-state index is 12.5. The topological polar surface area (TPSA) is 42.0 Å². The third kappa shape index (κ3) is 2.14. The number of rotatable bonds is 2. The molecule has 1 aromatic rings. The van der Waals surface area contributed by atoms with Crippen molar-refractivity contribution in [2.24, 2.45) is 5.41 Å². The van der Waals surface area contributed by atoms with E-state index >= 15 is 0 Å². The number of aromatic nitrogens is 1. The Kier molecular flexibility index (Phi) is 2.21. The first-order chi connectivity index (χ1) is 6.99. The molecule has 0 spiro atoms. The molecule has 0 aliphatic heterocycles. The van der Waals surface area contributed by atoms with Crippen LogP contribution in [0, 0.1) is 11.4 Å². The molecule has 1 atom stereocenters. The Bertz CT molecular complexity index is 386. The molecule has 1 aliphatic carbocycles. The summed E-state index contributed by atoms with van der Waals surface area (Å²) in [6.07, 6.45) is 2.24. The van der Waals surface area contributed by atoms with E-state index in [-0.39, 0.29) is 17.4 Å². The van der Waals surface area contributed by atoms with Crippen molar-refractivity contribution >= 4 is 5.91 Å². The fourth-order valence-electron chi connectivity index (χ4n) is 1.47. The molecule has 3 nitrogen and oxygen atoms in total. The van der Waals surface area contributed by atoms with E-state index in [1.807, 2.05) is 0 Å². The van der Waals surface area contributed by atoms with Gasteiger partial charge < -0.3 is 5.32 Å². The maximum Gasteiger partial charge on any atom is 0.253 e. The lowest BCUT2D eigenvalue weighted by Crippen LogP contribution is -2.28. The second-order valence-corrected chi connectivity index (χ2v) is 4.59. The number of halogens is 1. The summed E-state index contributed by atoms with van der Waals surface area (Å²) in [5.41, 5.74) is 0.599. The molecule has 0 aromatic carbocycles. The summed E-state index contributed by atoms with van der Waals surface area (Å²) in [5, 5.41) is 2.88. The molecule has 1 aliphatic rings. The number of nitrogens with one attached hydrogen (secondary N) is 1. The van der Waals surface area contributed by atoms with E-state index in [2.05, 4.69) is 24.1 Å². The minimum absolute atomic E-state index is 0.182. The largest absolute Gasteiger partial charge is 0.349 e. The minimum atomic E-state index is -0.571. The van der Waals surface area contributed by atoms with Gasteiger partial charge in [-0.1, -0.05) is 13.8 Å². The fourth-order valence-corrected chi connectivity index (χ4v) is 1.47. The van der Waals surface area contributed by atoms with E-state index in [1.54, 1.807) is 0 Å². The second kappa shape index (κ2) is 3.29. The van der Waals surface area contributed by atoms with Crippen molar-refractivity contribution in [1.29, 1.82) is 0 Å². The number of pyridine rings is 1. The van der Waals surface area contributed by atoms with Gasteiger partial charge in [-0.05, 0) is 24.0 Å². The molecule has 80 valence electrons. The van der Waals surface area contributed by atoms with Gasteiger partial charge in [0, 0.05) is 12.2 Å². The van der Waals surface area contributed by atoms with Gasteiger partial charge in [0.15, 0.2) is 0 Å². The highest BCUT2D eigenvalue weighted by Crippen LogP contribution is 2.44. The molecular weight excluding hydrogens is 195 g/mol. The van der Waals surface area contributed by atoms with Crippen LogP contribution in [0.15, 0.2) is 18.3 Å². The van der Waals surface area contributed by atoms with Crippen LogP contribution >= 0.6 is 0 Å². The Morgan fingerprint density at radius 2 is 2.27 bits per heavy atom. The number of hydrogen-bond donors (Lipinski definition) is 1. The predicted octanol–water partition coefficient (Wildman–Crippen LogP) is 1.75. The summed E-state index contributed by atoms with van der Waals surface area (Å²) in [6, 6.07) is 2.86. The van der Waals surface area contributed by atoms with Crippen molar-refractivity contribution in [3.63, 3.8) is 0 Å². The van der Waals surface area contributed by atoms with Crippen LogP contribution in [0.3, 0.4) is 0 Å². The number of carbonyl (C=O) groups is 1. The maximum absolute atomic E-state index is 12.5. The summed E-state index contributed by atoms with van der Waals surface area (Å²) in [5.74, 6) is -0.753. The smallest absolute Gasteiger partial charge is 0.253 e.